The second kappa shape index (κ2) is 12.3. The van der Waals surface area contributed by atoms with E-state index in [-0.39, 0.29) is 0 Å². The van der Waals surface area contributed by atoms with E-state index >= 15 is 0 Å². The van der Waals surface area contributed by atoms with Gasteiger partial charge in [-0.3, -0.25) is 0 Å². The summed E-state index contributed by atoms with van der Waals surface area (Å²) in [6, 6.07) is 20.4. The third-order valence-electron chi connectivity index (χ3n) is 8.41. The SMILES string of the molecule is CC(C)c1cccc(C(C)C)c1-c1cn(-c2c(C(C)C)cccc2C(C)C)n[n+]1-c1c(C(C)C)cccc1C(C)C. The van der Waals surface area contributed by atoms with Gasteiger partial charge in [0.1, 0.15) is 5.21 Å². The molecule has 0 aliphatic rings. The Labute approximate surface area is 249 Å². The Morgan fingerprint density at radius 3 is 1.20 bits per heavy atom. The quantitative estimate of drug-likeness (QED) is 0.190. The molecule has 0 radical (unpaired) electrons. The van der Waals surface area contributed by atoms with Crippen LogP contribution in [0.3, 0.4) is 0 Å². The molecule has 4 rings (SSSR count). The molecule has 0 N–H and O–H groups in total. The molecule has 0 aliphatic carbocycles. The fourth-order valence-electron chi connectivity index (χ4n) is 6.17. The average Bonchev–Trinajstić information content (AvgIpc) is 3.35. The van der Waals surface area contributed by atoms with E-state index in [2.05, 4.69) is 153 Å². The Balaban J connectivity index is 2.24. The number of hydrogen-bond donors (Lipinski definition) is 0. The van der Waals surface area contributed by atoms with Gasteiger partial charge in [-0.15, -0.1) is 4.68 Å². The molecular formula is C38H52N3+. The molecule has 1 aromatic heterocycles. The second-order valence-electron chi connectivity index (χ2n) is 13.6. The fraction of sp³-hybridized carbons (Fsp3) is 0.474. The van der Waals surface area contributed by atoms with Gasteiger partial charge in [0.2, 0.25) is 5.69 Å². The van der Waals surface area contributed by atoms with Gasteiger partial charge in [0.15, 0.2) is 17.6 Å². The van der Waals surface area contributed by atoms with Gasteiger partial charge >= 0.3 is 0 Å². The van der Waals surface area contributed by atoms with Crippen molar-refractivity contribution in [2.75, 3.05) is 0 Å². The zero-order chi connectivity index (χ0) is 30.2. The highest BCUT2D eigenvalue weighted by Gasteiger charge is 2.32. The fourth-order valence-corrected chi connectivity index (χ4v) is 6.17. The first kappa shape index (κ1) is 30.8. The lowest BCUT2D eigenvalue weighted by molar-refractivity contribution is -0.651. The van der Waals surface area contributed by atoms with Crippen molar-refractivity contribution in [2.24, 2.45) is 0 Å². The van der Waals surface area contributed by atoms with Crippen molar-refractivity contribution < 1.29 is 4.68 Å². The molecule has 218 valence electrons. The third-order valence-corrected chi connectivity index (χ3v) is 8.41. The van der Waals surface area contributed by atoms with E-state index in [1.165, 1.54) is 56.0 Å². The molecule has 1 heterocycles. The van der Waals surface area contributed by atoms with Crippen molar-refractivity contribution in [3.8, 4) is 22.6 Å². The van der Waals surface area contributed by atoms with Crippen LogP contribution < -0.4 is 4.68 Å². The van der Waals surface area contributed by atoms with Crippen LogP contribution in [0.15, 0.2) is 60.8 Å². The monoisotopic (exact) mass is 550 g/mol. The van der Waals surface area contributed by atoms with E-state index < -0.39 is 0 Å². The van der Waals surface area contributed by atoms with Gasteiger partial charge in [-0.25, -0.2) is 0 Å². The Hall–Kier alpha value is -3.20. The molecule has 0 saturated heterocycles. The van der Waals surface area contributed by atoms with Crippen LogP contribution in [0.5, 0.6) is 0 Å². The molecule has 3 heteroatoms. The summed E-state index contributed by atoms with van der Waals surface area (Å²) >= 11 is 0. The van der Waals surface area contributed by atoms with Gasteiger partial charge in [-0.1, -0.05) is 142 Å². The van der Waals surface area contributed by atoms with E-state index in [0.717, 1.165) is 0 Å². The molecule has 0 bridgehead atoms. The van der Waals surface area contributed by atoms with E-state index in [0.29, 0.717) is 35.5 Å². The second-order valence-corrected chi connectivity index (χ2v) is 13.6. The van der Waals surface area contributed by atoms with Crippen LogP contribution in [0, 0.1) is 0 Å². The largest absolute Gasteiger partial charge is 0.205 e. The van der Waals surface area contributed by atoms with Crippen molar-refractivity contribution >= 4 is 0 Å². The zero-order valence-electron chi connectivity index (χ0n) is 27.6. The zero-order valence-corrected chi connectivity index (χ0v) is 27.6. The van der Waals surface area contributed by atoms with E-state index in [9.17, 15) is 0 Å². The van der Waals surface area contributed by atoms with Crippen molar-refractivity contribution in [3.05, 3.63) is 94.2 Å². The van der Waals surface area contributed by atoms with Crippen molar-refractivity contribution in [3.63, 3.8) is 0 Å². The topological polar surface area (TPSA) is 21.7 Å². The predicted molar refractivity (Wildman–Crippen MR) is 175 cm³/mol. The van der Waals surface area contributed by atoms with E-state index in [1.807, 2.05) is 0 Å². The minimum atomic E-state index is 0.369. The number of hydrogen-bond acceptors (Lipinski definition) is 1. The summed E-state index contributed by atoms with van der Waals surface area (Å²) in [5.74, 6) is 2.28. The van der Waals surface area contributed by atoms with Gasteiger partial charge in [-0.2, -0.15) is 0 Å². The van der Waals surface area contributed by atoms with Crippen LogP contribution in [-0.4, -0.2) is 9.90 Å². The van der Waals surface area contributed by atoms with Crippen LogP contribution in [0.4, 0.5) is 0 Å². The Bertz CT molecular complexity index is 1340. The molecule has 0 atom stereocenters. The van der Waals surface area contributed by atoms with Crippen LogP contribution in [0.25, 0.3) is 22.6 Å². The Morgan fingerprint density at radius 2 is 0.829 bits per heavy atom. The van der Waals surface area contributed by atoms with E-state index in [1.54, 1.807) is 0 Å². The minimum absolute atomic E-state index is 0.369. The first-order valence-corrected chi connectivity index (χ1v) is 15.8. The smallest absolute Gasteiger partial charge is 0.101 e. The van der Waals surface area contributed by atoms with Gasteiger partial charge in [0.25, 0.3) is 0 Å². The van der Waals surface area contributed by atoms with Gasteiger partial charge in [0, 0.05) is 27.8 Å². The standard InChI is InChI=1S/C38H52N3/c1-23(2)29-16-13-17-30(24(3)4)36(29)35-22-40(37-31(25(5)6)18-14-19-32(37)26(7)8)39-41(35)38-33(27(9)10)20-15-21-34(38)28(11)12/h13-28H,1-12H3/q+1. The summed E-state index contributed by atoms with van der Waals surface area (Å²) in [5, 5.41) is 5.53. The van der Waals surface area contributed by atoms with Crippen LogP contribution in [0.2, 0.25) is 0 Å². The average molecular weight is 551 g/mol. The maximum atomic E-state index is 5.53. The number of rotatable bonds is 9. The van der Waals surface area contributed by atoms with Gasteiger partial charge in [0.05, 0.1) is 0 Å². The lowest BCUT2D eigenvalue weighted by Gasteiger charge is -2.20. The number of nitrogens with zero attached hydrogens (tertiary/aromatic N) is 3. The Kier molecular flexibility index (Phi) is 9.26. The summed E-state index contributed by atoms with van der Waals surface area (Å²) in [6.07, 6.45) is 2.32. The first-order valence-electron chi connectivity index (χ1n) is 15.8. The van der Waals surface area contributed by atoms with Crippen molar-refractivity contribution in [2.45, 2.75) is 119 Å². The summed E-state index contributed by atoms with van der Waals surface area (Å²) < 4.78 is 4.49. The summed E-state index contributed by atoms with van der Waals surface area (Å²) in [5.41, 5.74) is 13.0. The normalized spacial score (nSPS) is 12.2. The third kappa shape index (κ3) is 5.92. The summed E-state index contributed by atoms with van der Waals surface area (Å²) in [7, 11) is 0. The van der Waals surface area contributed by atoms with Gasteiger partial charge < -0.3 is 0 Å². The van der Waals surface area contributed by atoms with Crippen molar-refractivity contribution in [1.29, 1.82) is 0 Å². The molecule has 0 amide bonds. The maximum absolute atomic E-state index is 5.53. The molecule has 0 fully saturated rings. The molecule has 3 nitrogen and oxygen atoms in total. The first-order chi connectivity index (χ1) is 19.3. The molecule has 0 spiro atoms. The predicted octanol–water partition coefficient (Wildman–Crippen LogP) is 10.6. The number of para-hydroxylation sites is 2. The van der Waals surface area contributed by atoms with Crippen LogP contribution in [-0.2, 0) is 0 Å². The maximum Gasteiger partial charge on any atom is 0.205 e. The highest BCUT2D eigenvalue weighted by molar-refractivity contribution is 5.68. The number of benzene rings is 3. The number of aromatic nitrogens is 3. The van der Waals surface area contributed by atoms with Crippen molar-refractivity contribution in [1.82, 2.24) is 9.90 Å². The molecular weight excluding hydrogens is 498 g/mol. The molecule has 4 aromatic rings. The summed E-state index contributed by atoms with van der Waals surface area (Å²) in [6.45, 7) is 27.6. The lowest BCUT2D eigenvalue weighted by atomic mass is 9.86. The van der Waals surface area contributed by atoms with E-state index in [4.69, 9.17) is 5.21 Å². The van der Waals surface area contributed by atoms with Gasteiger partial charge in [-0.05, 0) is 46.6 Å². The Morgan fingerprint density at radius 1 is 0.488 bits per heavy atom. The molecule has 41 heavy (non-hydrogen) atoms. The minimum Gasteiger partial charge on any atom is -0.101 e. The highest BCUT2D eigenvalue weighted by Crippen LogP contribution is 2.38. The molecule has 0 saturated carbocycles. The molecule has 3 aromatic carbocycles. The highest BCUT2D eigenvalue weighted by atomic mass is 15.5. The van der Waals surface area contributed by atoms with Crippen LogP contribution >= 0.6 is 0 Å². The lowest BCUT2D eigenvalue weighted by Crippen LogP contribution is -2.39. The van der Waals surface area contributed by atoms with Crippen LogP contribution in [0.1, 0.15) is 152 Å². The molecule has 0 unspecified atom stereocenters. The molecule has 0 aliphatic heterocycles. The summed E-state index contributed by atoms with van der Waals surface area (Å²) in [4.78, 5) is 0.